The van der Waals surface area contributed by atoms with E-state index in [-0.39, 0.29) is 18.6 Å². The maximum atomic E-state index is 11.8. The highest BCUT2D eigenvalue weighted by molar-refractivity contribution is 7.08. The molecule has 0 saturated carbocycles. The lowest BCUT2D eigenvalue weighted by Crippen LogP contribution is -2.08. The van der Waals surface area contributed by atoms with Crippen molar-refractivity contribution in [2.45, 2.75) is 32.4 Å². The fraction of sp³-hybridized carbons (Fsp3) is 0.625. The number of aromatic nitrogens is 2. The lowest BCUT2D eigenvalue weighted by molar-refractivity contribution is -0.135. The molecular formula is C8H9F3N2OS. The molecule has 1 aromatic rings. The molecule has 15 heavy (non-hydrogen) atoms. The molecule has 0 spiro atoms. The number of carbonyl (C=O) groups is 1. The van der Waals surface area contributed by atoms with Crippen molar-refractivity contribution in [1.29, 1.82) is 0 Å². The van der Waals surface area contributed by atoms with Crippen molar-refractivity contribution in [1.82, 2.24) is 9.59 Å². The van der Waals surface area contributed by atoms with Gasteiger partial charge in [-0.1, -0.05) is 4.49 Å². The highest BCUT2D eigenvalue weighted by atomic mass is 32.1. The van der Waals surface area contributed by atoms with Gasteiger partial charge in [-0.15, -0.1) is 5.10 Å². The molecule has 0 saturated heterocycles. The molecule has 7 heteroatoms. The number of hydrogen-bond acceptors (Lipinski definition) is 4. The molecule has 0 aliphatic carbocycles. The second-order valence-corrected chi connectivity index (χ2v) is 3.83. The number of nitrogens with zero attached hydrogens (tertiary/aromatic N) is 2. The number of aryl methyl sites for hydroxylation is 1. The Morgan fingerprint density at radius 2 is 2.13 bits per heavy atom. The Bertz CT molecular complexity index is 348. The SMILES string of the molecule is Cc1nnsc1C(=O)CCCC(F)(F)F. The van der Waals surface area contributed by atoms with Crippen molar-refractivity contribution in [2.75, 3.05) is 0 Å². The fourth-order valence-electron chi connectivity index (χ4n) is 1.05. The Balaban J connectivity index is 2.41. The second-order valence-electron chi connectivity index (χ2n) is 3.08. The van der Waals surface area contributed by atoms with E-state index in [0.29, 0.717) is 10.6 Å². The van der Waals surface area contributed by atoms with Gasteiger partial charge in [0.1, 0.15) is 4.88 Å². The molecule has 1 heterocycles. The van der Waals surface area contributed by atoms with Gasteiger partial charge in [0.2, 0.25) is 0 Å². The van der Waals surface area contributed by atoms with Crippen LogP contribution in [0.2, 0.25) is 0 Å². The third-order valence-corrected chi connectivity index (χ3v) is 2.64. The Labute approximate surface area is 88.5 Å². The van der Waals surface area contributed by atoms with Crippen LogP contribution < -0.4 is 0 Å². The van der Waals surface area contributed by atoms with Crippen molar-refractivity contribution in [3.05, 3.63) is 10.6 Å². The summed E-state index contributed by atoms with van der Waals surface area (Å²) in [4.78, 5) is 11.7. The summed E-state index contributed by atoms with van der Waals surface area (Å²) < 4.78 is 38.9. The third kappa shape index (κ3) is 3.94. The summed E-state index contributed by atoms with van der Waals surface area (Å²) in [7, 11) is 0. The van der Waals surface area contributed by atoms with Gasteiger partial charge in [0, 0.05) is 12.8 Å². The molecule has 0 aliphatic heterocycles. The summed E-state index contributed by atoms with van der Waals surface area (Å²) in [5.74, 6) is -0.313. The molecule has 0 unspecified atom stereocenters. The summed E-state index contributed by atoms with van der Waals surface area (Å²) in [5, 5.41) is 3.62. The van der Waals surface area contributed by atoms with Gasteiger partial charge in [0.15, 0.2) is 5.78 Å². The molecular weight excluding hydrogens is 229 g/mol. The molecule has 0 bridgehead atoms. The van der Waals surface area contributed by atoms with Crippen molar-refractivity contribution < 1.29 is 18.0 Å². The Hall–Kier alpha value is -0.980. The predicted octanol–water partition coefficient (Wildman–Crippen LogP) is 2.76. The van der Waals surface area contributed by atoms with Crippen LogP contribution in [0.25, 0.3) is 0 Å². The van der Waals surface area contributed by atoms with E-state index in [9.17, 15) is 18.0 Å². The summed E-state index contributed by atoms with van der Waals surface area (Å²) in [6, 6.07) is 0. The number of hydrogen-bond donors (Lipinski definition) is 0. The zero-order valence-corrected chi connectivity index (χ0v) is 8.78. The van der Waals surface area contributed by atoms with Gasteiger partial charge < -0.3 is 0 Å². The van der Waals surface area contributed by atoms with Crippen LogP contribution in [0.3, 0.4) is 0 Å². The van der Waals surface area contributed by atoms with Crippen molar-refractivity contribution in [3.8, 4) is 0 Å². The van der Waals surface area contributed by atoms with E-state index in [2.05, 4.69) is 9.59 Å². The lowest BCUT2D eigenvalue weighted by Gasteiger charge is -2.04. The highest BCUT2D eigenvalue weighted by Crippen LogP contribution is 2.23. The van der Waals surface area contributed by atoms with Crippen LogP contribution >= 0.6 is 11.5 Å². The lowest BCUT2D eigenvalue weighted by atomic mass is 10.1. The maximum absolute atomic E-state index is 11.8. The molecule has 1 rings (SSSR count). The summed E-state index contributed by atoms with van der Waals surface area (Å²) in [5.41, 5.74) is 0.483. The largest absolute Gasteiger partial charge is 0.389 e. The first-order valence-electron chi connectivity index (χ1n) is 4.29. The first-order valence-corrected chi connectivity index (χ1v) is 5.06. The third-order valence-electron chi connectivity index (χ3n) is 1.77. The predicted molar refractivity (Wildman–Crippen MR) is 48.9 cm³/mol. The number of halogens is 3. The minimum Gasteiger partial charge on any atom is -0.293 e. The van der Waals surface area contributed by atoms with E-state index < -0.39 is 12.6 Å². The van der Waals surface area contributed by atoms with Gasteiger partial charge >= 0.3 is 6.18 Å². The van der Waals surface area contributed by atoms with Gasteiger partial charge in [0.25, 0.3) is 0 Å². The number of rotatable bonds is 4. The van der Waals surface area contributed by atoms with Crippen LogP contribution in [0.5, 0.6) is 0 Å². The highest BCUT2D eigenvalue weighted by Gasteiger charge is 2.27. The quantitative estimate of drug-likeness (QED) is 0.757. The second kappa shape index (κ2) is 4.69. The monoisotopic (exact) mass is 238 g/mol. The van der Waals surface area contributed by atoms with Crippen LogP contribution in [0, 0.1) is 6.92 Å². The van der Waals surface area contributed by atoms with E-state index in [1.54, 1.807) is 6.92 Å². The van der Waals surface area contributed by atoms with Crippen molar-refractivity contribution in [3.63, 3.8) is 0 Å². The number of Topliss-reactive ketones (excluding diaryl/α,β-unsaturated/α-hetero) is 1. The number of alkyl halides is 3. The van der Waals surface area contributed by atoms with Crippen LogP contribution in [-0.4, -0.2) is 21.5 Å². The first kappa shape index (κ1) is 12.1. The topological polar surface area (TPSA) is 42.9 Å². The van der Waals surface area contributed by atoms with Gasteiger partial charge in [-0.25, -0.2) is 0 Å². The number of carbonyl (C=O) groups excluding carboxylic acids is 1. The average Bonchev–Trinajstić information content (AvgIpc) is 2.48. The van der Waals surface area contributed by atoms with Crippen LogP contribution in [-0.2, 0) is 0 Å². The van der Waals surface area contributed by atoms with Gasteiger partial charge in [0.05, 0.1) is 5.69 Å². The smallest absolute Gasteiger partial charge is 0.293 e. The first-order chi connectivity index (χ1) is 6.90. The molecule has 3 nitrogen and oxygen atoms in total. The van der Waals surface area contributed by atoms with Gasteiger partial charge in [-0.3, -0.25) is 4.79 Å². The molecule has 0 aromatic carbocycles. The average molecular weight is 238 g/mol. The molecule has 0 atom stereocenters. The normalized spacial score (nSPS) is 11.7. The Morgan fingerprint density at radius 1 is 1.47 bits per heavy atom. The van der Waals surface area contributed by atoms with Crippen molar-refractivity contribution in [2.24, 2.45) is 0 Å². The molecule has 0 fully saturated rings. The Kier molecular flexibility index (Phi) is 3.78. The maximum Gasteiger partial charge on any atom is 0.389 e. The Morgan fingerprint density at radius 3 is 2.60 bits per heavy atom. The van der Waals surface area contributed by atoms with E-state index in [4.69, 9.17) is 0 Å². The van der Waals surface area contributed by atoms with E-state index in [0.717, 1.165) is 11.5 Å². The van der Waals surface area contributed by atoms with Gasteiger partial charge in [-0.2, -0.15) is 13.2 Å². The minimum atomic E-state index is -4.19. The van der Waals surface area contributed by atoms with Crippen LogP contribution in [0.15, 0.2) is 0 Å². The molecule has 84 valence electrons. The number of ketones is 1. The minimum absolute atomic E-state index is 0.107. The van der Waals surface area contributed by atoms with Crippen LogP contribution in [0.1, 0.15) is 34.6 Å². The zero-order chi connectivity index (χ0) is 11.5. The molecule has 0 amide bonds. The van der Waals surface area contributed by atoms with Gasteiger partial charge in [-0.05, 0) is 24.9 Å². The molecule has 0 aliphatic rings. The summed E-state index contributed by atoms with van der Waals surface area (Å²) in [6.07, 6.45) is -5.41. The van der Waals surface area contributed by atoms with E-state index in [1.165, 1.54) is 0 Å². The fourth-order valence-corrected chi connectivity index (χ4v) is 1.67. The zero-order valence-electron chi connectivity index (χ0n) is 7.97. The standard InChI is InChI=1S/C8H9F3N2OS/c1-5-7(15-13-12-5)6(14)3-2-4-8(9,10)11/h2-4H2,1H3. The van der Waals surface area contributed by atoms with Crippen LogP contribution in [0.4, 0.5) is 13.2 Å². The summed E-state index contributed by atoms with van der Waals surface area (Å²) in [6.45, 7) is 1.61. The molecule has 1 aromatic heterocycles. The molecule has 0 N–H and O–H groups in total. The van der Waals surface area contributed by atoms with E-state index >= 15 is 0 Å². The molecule has 0 radical (unpaired) electrons. The van der Waals surface area contributed by atoms with Crippen molar-refractivity contribution >= 4 is 17.3 Å². The summed E-state index contributed by atoms with van der Waals surface area (Å²) >= 11 is 0.924. The van der Waals surface area contributed by atoms with E-state index in [1.807, 2.05) is 0 Å².